The number of esters is 1. The molecule has 2 rings (SSSR count). The van der Waals surface area contributed by atoms with Gasteiger partial charge in [-0.05, 0) is 43.3 Å². The highest BCUT2D eigenvalue weighted by atomic mass is 19.4. The molecule has 1 atom stereocenters. The number of carbonyl (C=O) groups is 2. The van der Waals surface area contributed by atoms with Crippen LogP contribution in [0.1, 0.15) is 18.1 Å². The quantitative estimate of drug-likeness (QED) is 0.587. The van der Waals surface area contributed by atoms with E-state index < -0.39 is 29.7 Å². The average molecular weight is 393 g/mol. The summed E-state index contributed by atoms with van der Waals surface area (Å²) in [5.74, 6) is -0.848. The maximum atomic E-state index is 12.5. The number of halogens is 3. The number of anilines is 1. The molecule has 28 heavy (non-hydrogen) atoms. The number of benzene rings is 2. The number of rotatable bonds is 6. The van der Waals surface area contributed by atoms with Crippen LogP contribution in [0, 0.1) is 0 Å². The predicted molar refractivity (Wildman–Crippen MR) is 97.7 cm³/mol. The van der Waals surface area contributed by atoms with Crippen molar-refractivity contribution in [3.05, 3.63) is 65.7 Å². The lowest BCUT2D eigenvalue weighted by Gasteiger charge is -2.13. The van der Waals surface area contributed by atoms with Crippen LogP contribution in [0.25, 0.3) is 6.08 Å². The molecule has 0 saturated heterocycles. The summed E-state index contributed by atoms with van der Waals surface area (Å²) in [6, 6.07) is 11.0. The highest BCUT2D eigenvalue weighted by molar-refractivity contribution is 5.96. The Morgan fingerprint density at radius 1 is 1.07 bits per heavy atom. The molecule has 0 spiro atoms. The molecular formula is C20H18F3NO4. The van der Waals surface area contributed by atoms with Crippen molar-refractivity contribution in [2.24, 2.45) is 0 Å². The Labute approximate surface area is 159 Å². The largest absolute Gasteiger partial charge is 0.496 e. The second-order valence-corrected chi connectivity index (χ2v) is 5.72. The zero-order valence-corrected chi connectivity index (χ0v) is 15.1. The molecule has 0 bridgehead atoms. The second-order valence-electron chi connectivity index (χ2n) is 5.72. The SMILES string of the molecule is COc1ccccc1/C=C/C(=O)OC(C)C(=O)Nc1ccc(C(F)(F)F)cc1. The van der Waals surface area contributed by atoms with E-state index >= 15 is 0 Å². The van der Waals surface area contributed by atoms with E-state index in [4.69, 9.17) is 9.47 Å². The van der Waals surface area contributed by atoms with Gasteiger partial charge in [0.05, 0.1) is 12.7 Å². The lowest BCUT2D eigenvalue weighted by atomic mass is 10.2. The van der Waals surface area contributed by atoms with Gasteiger partial charge in [-0.15, -0.1) is 0 Å². The Bertz CT molecular complexity index is 860. The molecule has 0 aliphatic heterocycles. The average Bonchev–Trinajstić information content (AvgIpc) is 2.66. The molecular weight excluding hydrogens is 375 g/mol. The molecule has 2 aromatic rings. The van der Waals surface area contributed by atoms with E-state index in [1.54, 1.807) is 24.3 Å². The second kappa shape index (κ2) is 9.07. The van der Waals surface area contributed by atoms with E-state index in [0.29, 0.717) is 11.3 Å². The molecule has 2 aromatic carbocycles. The first-order valence-corrected chi connectivity index (χ1v) is 8.20. The highest BCUT2D eigenvalue weighted by Crippen LogP contribution is 2.29. The first-order valence-electron chi connectivity index (χ1n) is 8.20. The number of methoxy groups -OCH3 is 1. The molecule has 1 N–H and O–H groups in total. The van der Waals surface area contributed by atoms with Gasteiger partial charge in [0.1, 0.15) is 5.75 Å². The van der Waals surface area contributed by atoms with Crippen LogP contribution in [0.15, 0.2) is 54.6 Å². The van der Waals surface area contributed by atoms with Gasteiger partial charge in [-0.3, -0.25) is 4.79 Å². The van der Waals surface area contributed by atoms with Crippen LogP contribution in [-0.4, -0.2) is 25.1 Å². The number of hydrogen-bond acceptors (Lipinski definition) is 4. The Hall–Kier alpha value is -3.29. The fourth-order valence-corrected chi connectivity index (χ4v) is 2.22. The first kappa shape index (κ1) is 21.0. The van der Waals surface area contributed by atoms with Crippen LogP contribution >= 0.6 is 0 Å². The summed E-state index contributed by atoms with van der Waals surface area (Å²) in [5.41, 5.74) is -0.0132. The third kappa shape index (κ3) is 5.87. The normalized spacial score (nSPS) is 12.5. The van der Waals surface area contributed by atoms with Gasteiger partial charge < -0.3 is 14.8 Å². The minimum Gasteiger partial charge on any atom is -0.496 e. The first-order chi connectivity index (χ1) is 13.2. The third-order valence-electron chi connectivity index (χ3n) is 3.68. The maximum absolute atomic E-state index is 12.5. The third-order valence-corrected chi connectivity index (χ3v) is 3.68. The number of carbonyl (C=O) groups excluding carboxylic acids is 2. The Kier molecular flexibility index (Phi) is 6.81. The lowest BCUT2D eigenvalue weighted by Crippen LogP contribution is -2.29. The smallest absolute Gasteiger partial charge is 0.416 e. The molecule has 8 heteroatoms. The number of amides is 1. The number of hydrogen-bond donors (Lipinski definition) is 1. The topological polar surface area (TPSA) is 64.6 Å². The standard InChI is InChI=1S/C20H18F3NO4/c1-13(19(26)24-16-10-8-15(9-11-16)20(21,22)23)28-18(25)12-7-14-5-3-4-6-17(14)27-2/h3-13H,1-2H3,(H,24,26)/b12-7+. The van der Waals surface area contributed by atoms with Crippen molar-refractivity contribution in [1.29, 1.82) is 0 Å². The zero-order valence-electron chi connectivity index (χ0n) is 15.1. The van der Waals surface area contributed by atoms with E-state index in [1.165, 1.54) is 20.1 Å². The molecule has 0 aromatic heterocycles. The fraction of sp³-hybridized carbons (Fsp3) is 0.200. The molecule has 0 aliphatic carbocycles. The lowest BCUT2D eigenvalue weighted by molar-refractivity contribution is -0.148. The summed E-state index contributed by atoms with van der Waals surface area (Å²) < 4.78 is 47.8. The zero-order chi connectivity index (χ0) is 20.7. The Morgan fingerprint density at radius 3 is 2.32 bits per heavy atom. The number of nitrogens with one attached hydrogen (secondary N) is 1. The Balaban J connectivity index is 1.92. The molecule has 0 fully saturated rings. The fourth-order valence-electron chi connectivity index (χ4n) is 2.22. The molecule has 0 aliphatic rings. The van der Waals surface area contributed by atoms with Crippen molar-refractivity contribution in [3.8, 4) is 5.75 Å². The molecule has 148 valence electrons. The summed E-state index contributed by atoms with van der Waals surface area (Å²) in [6.07, 6.45) is -2.96. The minimum absolute atomic E-state index is 0.158. The van der Waals surface area contributed by atoms with Gasteiger partial charge in [-0.25, -0.2) is 4.79 Å². The van der Waals surface area contributed by atoms with E-state index in [-0.39, 0.29) is 5.69 Å². The molecule has 0 radical (unpaired) electrons. The Morgan fingerprint density at radius 2 is 1.71 bits per heavy atom. The molecule has 0 heterocycles. The van der Waals surface area contributed by atoms with Crippen LogP contribution in [-0.2, 0) is 20.5 Å². The van der Waals surface area contributed by atoms with Gasteiger partial charge in [0.15, 0.2) is 6.10 Å². The monoisotopic (exact) mass is 393 g/mol. The van der Waals surface area contributed by atoms with Crippen LogP contribution in [0.3, 0.4) is 0 Å². The van der Waals surface area contributed by atoms with Crippen molar-refractivity contribution in [1.82, 2.24) is 0 Å². The summed E-state index contributed by atoms with van der Waals surface area (Å²) >= 11 is 0. The predicted octanol–water partition coefficient (Wildman–Crippen LogP) is 4.30. The van der Waals surface area contributed by atoms with Crippen molar-refractivity contribution in [3.63, 3.8) is 0 Å². The van der Waals surface area contributed by atoms with Gasteiger partial charge in [-0.1, -0.05) is 18.2 Å². The van der Waals surface area contributed by atoms with E-state index in [9.17, 15) is 22.8 Å². The summed E-state index contributed by atoms with van der Waals surface area (Å²) in [6.45, 7) is 1.36. The van der Waals surface area contributed by atoms with Gasteiger partial charge in [0, 0.05) is 17.3 Å². The summed E-state index contributed by atoms with van der Waals surface area (Å²) in [4.78, 5) is 23.9. The van der Waals surface area contributed by atoms with Gasteiger partial charge >= 0.3 is 12.1 Å². The molecule has 5 nitrogen and oxygen atoms in total. The van der Waals surface area contributed by atoms with Crippen molar-refractivity contribution >= 4 is 23.6 Å². The van der Waals surface area contributed by atoms with Crippen LogP contribution < -0.4 is 10.1 Å². The molecule has 0 saturated carbocycles. The number of para-hydroxylation sites is 1. The van der Waals surface area contributed by atoms with E-state index in [1.807, 2.05) is 0 Å². The minimum atomic E-state index is -4.46. The van der Waals surface area contributed by atoms with Crippen LogP contribution in [0.4, 0.5) is 18.9 Å². The van der Waals surface area contributed by atoms with Gasteiger partial charge in [0.2, 0.25) is 0 Å². The van der Waals surface area contributed by atoms with Crippen LogP contribution in [0.5, 0.6) is 5.75 Å². The maximum Gasteiger partial charge on any atom is 0.416 e. The number of ether oxygens (including phenoxy) is 2. The summed E-state index contributed by atoms with van der Waals surface area (Å²) in [7, 11) is 1.50. The summed E-state index contributed by atoms with van der Waals surface area (Å²) in [5, 5.41) is 2.39. The van der Waals surface area contributed by atoms with Crippen molar-refractivity contribution in [2.45, 2.75) is 19.2 Å². The van der Waals surface area contributed by atoms with Crippen LogP contribution in [0.2, 0.25) is 0 Å². The van der Waals surface area contributed by atoms with E-state index in [2.05, 4.69) is 5.32 Å². The number of alkyl halides is 3. The van der Waals surface area contributed by atoms with Gasteiger partial charge in [0.25, 0.3) is 5.91 Å². The van der Waals surface area contributed by atoms with E-state index in [0.717, 1.165) is 30.3 Å². The van der Waals surface area contributed by atoms with Gasteiger partial charge in [-0.2, -0.15) is 13.2 Å². The molecule has 1 amide bonds. The van der Waals surface area contributed by atoms with Crippen molar-refractivity contribution in [2.75, 3.05) is 12.4 Å². The highest BCUT2D eigenvalue weighted by Gasteiger charge is 2.30. The van der Waals surface area contributed by atoms with Crippen molar-refractivity contribution < 1.29 is 32.2 Å². The molecule has 1 unspecified atom stereocenters.